The number of allylic oxidation sites excluding steroid dienone is 5. The highest BCUT2D eigenvalue weighted by Gasteiger charge is 2.44. The molecule has 0 radical (unpaired) electrons. The van der Waals surface area contributed by atoms with Gasteiger partial charge >= 0.3 is 6.18 Å². The zero-order chi connectivity index (χ0) is 28.0. The lowest BCUT2D eigenvalue weighted by Crippen LogP contribution is -2.50. The second kappa shape index (κ2) is 10.3. The van der Waals surface area contributed by atoms with E-state index in [1.165, 1.54) is 5.38 Å². The van der Waals surface area contributed by atoms with E-state index in [0.717, 1.165) is 59.1 Å². The molecule has 2 aliphatic rings. The van der Waals surface area contributed by atoms with Crippen molar-refractivity contribution in [2.24, 2.45) is 0 Å². The summed E-state index contributed by atoms with van der Waals surface area (Å²) in [5.74, 6) is -1.81. The number of rotatable bonds is 7. The first-order valence-corrected chi connectivity index (χ1v) is 16.8. The third-order valence-corrected chi connectivity index (χ3v) is 12.2. The Kier molecular flexibility index (Phi) is 7.64. The predicted molar refractivity (Wildman–Crippen MR) is 150 cm³/mol. The Balaban J connectivity index is 2.13. The largest absolute Gasteiger partial charge is 0.544 e. The molecule has 0 unspecified atom stereocenters. The fourth-order valence-electron chi connectivity index (χ4n) is 5.66. The summed E-state index contributed by atoms with van der Waals surface area (Å²) in [4.78, 5) is 13.2. The van der Waals surface area contributed by atoms with Gasteiger partial charge in [-0.1, -0.05) is 19.2 Å². The number of nitrogens with zero attached hydrogens (tertiary/aromatic N) is 2. The molecule has 1 aliphatic carbocycles. The Bertz CT molecular complexity index is 1400. The van der Waals surface area contributed by atoms with Crippen LogP contribution in [-0.4, -0.2) is 50.5 Å². The van der Waals surface area contributed by atoms with Crippen molar-refractivity contribution in [1.82, 2.24) is 0 Å². The number of carboxylic acid groups (broad SMARTS) is 1. The Labute approximate surface area is 227 Å². The van der Waals surface area contributed by atoms with E-state index in [-0.39, 0.29) is 5.56 Å². The van der Waals surface area contributed by atoms with Crippen molar-refractivity contribution in [2.75, 3.05) is 31.1 Å². The highest BCUT2D eigenvalue weighted by molar-refractivity contribution is 7.12. The SMILES string of the molecule is CCN(CC)c1ccc2c(c1)[Si](C)(C)C1=CC(=[N+](CC)CC)C=CC1=C2c1csc(C(=O)[O-])c1C(F)(F)F. The lowest BCUT2D eigenvalue weighted by Gasteiger charge is -2.38. The van der Waals surface area contributed by atoms with E-state index in [2.05, 4.69) is 62.4 Å². The van der Waals surface area contributed by atoms with E-state index in [4.69, 9.17) is 0 Å². The van der Waals surface area contributed by atoms with Crippen molar-refractivity contribution in [3.8, 4) is 0 Å². The minimum atomic E-state index is -4.84. The van der Waals surface area contributed by atoms with Crippen LogP contribution in [0.3, 0.4) is 0 Å². The fourth-order valence-corrected chi connectivity index (χ4v) is 9.64. The van der Waals surface area contributed by atoms with Crippen molar-refractivity contribution in [3.63, 3.8) is 0 Å². The molecule has 4 rings (SSSR count). The number of hydrogen-bond donors (Lipinski definition) is 0. The number of carbonyl (C=O) groups is 1. The van der Waals surface area contributed by atoms with Crippen LogP contribution >= 0.6 is 11.3 Å². The summed E-state index contributed by atoms with van der Waals surface area (Å²) in [5, 5.41) is 15.1. The molecule has 1 aromatic carbocycles. The molecule has 0 saturated heterocycles. The summed E-state index contributed by atoms with van der Waals surface area (Å²) >= 11 is 0.577. The molecule has 0 saturated carbocycles. The molecule has 2 heterocycles. The summed E-state index contributed by atoms with van der Waals surface area (Å²) in [6.45, 7) is 16.1. The second-order valence-corrected chi connectivity index (χ2v) is 15.2. The fraction of sp³-hybridized carbons (Fsp3) is 0.379. The number of aromatic carboxylic acids is 1. The van der Waals surface area contributed by atoms with E-state index >= 15 is 0 Å². The minimum Gasteiger partial charge on any atom is -0.544 e. The maximum atomic E-state index is 14.4. The Morgan fingerprint density at radius 3 is 2.26 bits per heavy atom. The molecule has 202 valence electrons. The van der Waals surface area contributed by atoms with Gasteiger partial charge in [0.25, 0.3) is 0 Å². The molecular weight excluding hydrogens is 525 g/mol. The van der Waals surface area contributed by atoms with Crippen molar-refractivity contribution in [3.05, 3.63) is 74.1 Å². The Morgan fingerprint density at radius 2 is 1.71 bits per heavy atom. The molecule has 38 heavy (non-hydrogen) atoms. The lowest BCUT2D eigenvalue weighted by molar-refractivity contribution is -0.519. The van der Waals surface area contributed by atoms with Crippen LogP contribution in [0.1, 0.15) is 54.1 Å². The monoisotopic (exact) mass is 558 g/mol. The molecule has 1 aliphatic heterocycles. The zero-order valence-electron chi connectivity index (χ0n) is 22.6. The van der Waals surface area contributed by atoms with Gasteiger partial charge in [-0.25, -0.2) is 4.58 Å². The molecular formula is C29H33F3N2O2SSi. The number of thiophene rings is 1. The molecule has 0 spiro atoms. The first-order valence-electron chi connectivity index (χ1n) is 13.0. The van der Waals surface area contributed by atoms with Crippen LogP contribution in [0, 0.1) is 0 Å². The van der Waals surface area contributed by atoms with Gasteiger partial charge in [0.15, 0.2) is 5.71 Å². The molecule has 0 fully saturated rings. The van der Waals surface area contributed by atoms with Gasteiger partial charge < -0.3 is 14.8 Å². The van der Waals surface area contributed by atoms with Crippen LogP contribution in [-0.2, 0) is 6.18 Å². The standard InChI is InChI=1S/C29H33F3N2O2SSi/c1-7-33(8-2)18-11-13-20-23(15-18)38(5,6)24-16-19(34(9-3)10-4)12-14-21(24)25(20)22-17-37-27(28(35)36)26(22)29(30,31)32/h11-17H,7-10H2,1-6H3. The molecule has 0 bridgehead atoms. The molecule has 9 heteroatoms. The van der Waals surface area contributed by atoms with Crippen LogP contribution in [0.4, 0.5) is 18.9 Å². The van der Waals surface area contributed by atoms with E-state index in [9.17, 15) is 23.1 Å². The summed E-state index contributed by atoms with van der Waals surface area (Å²) < 4.78 is 45.4. The van der Waals surface area contributed by atoms with E-state index in [0.29, 0.717) is 16.9 Å². The van der Waals surface area contributed by atoms with E-state index < -0.39 is 30.7 Å². The molecule has 0 amide bonds. The van der Waals surface area contributed by atoms with E-state index in [1.54, 1.807) is 0 Å². The van der Waals surface area contributed by atoms with Gasteiger partial charge in [-0.05, 0) is 78.4 Å². The predicted octanol–water partition coefficient (Wildman–Crippen LogP) is 5.24. The third kappa shape index (κ3) is 4.60. The lowest BCUT2D eigenvalue weighted by atomic mass is 9.88. The van der Waals surface area contributed by atoms with Gasteiger partial charge in [0, 0.05) is 36.5 Å². The Morgan fingerprint density at radius 1 is 1.05 bits per heavy atom. The van der Waals surface area contributed by atoms with Crippen LogP contribution in [0.25, 0.3) is 5.57 Å². The molecule has 4 nitrogen and oxygen atoms in total. The summed E-state index contributed by atoms with van der Waals surface area (Å²) in [5.41, 5.74) is 2.77. The van der Waals surface area contributed by atoms with Crippen molar-refractivity contribution in [1.29, 1.82) is 0 Å². The minimum absolute atomic E-state index is 0.0973. The number of carbonyl (C=O) groups excluding carboxylic acids is 1. The van der Waals surface area contributed by atoms with Crippen LogP contribution in [0.2, 0.25) is 13.1 Å². The normalized spacial score (nSPS) is 16.2. The average molecular weight is 559 g/mol. The summed E-state index contributed by atoms with van der Waals surface area (Å²) in [6, 6.07) is 6.02. The number of hydrogen-bond acceptors (Lipinski definition) is 4. The number of anilines is 1. The molecule has 0 atom stereocenters. The smallest absolute Gasteiger partial charge is 0.418 e. The topological polar surface area (TPSA) is 46.4 Å². The highest BCUT2D eigenvalue weighted by Crippen LogP contribution is 2.47. The molecule has 1 aromatic heterocycles. The number of halogens is 3. The van der Waals surface area contributed by atoms with Gasteiger partial charge in [0.1, 0.15) is 21.2 Å². The summed E-state index contributed by atoms with van der Waals surface area (Å²) in [6.07, 6.45) is 1.18. The highest BCUT2D eigenvalue weighted by atomic mass is 32.1. The third-order valence-electron chi connectivity index (χ3n) is 7.68. The van der Waals surface area contributed by atoms with Gasteiger partial charge in [0.05, 0.1) is 16.4 Å². The van der Waals surface area contributed by atoms with Gasteiger partial charge in [0.2, 0.25) is 0 Å². The number of carboxylic acids is 1. The number of fused-ring (bicyclic) bond motifs is 2. The zero-order valence-corrected chi connectivity index (χ0v) is 24.4. The van der Waals surface area contributed by atoms with E-state index in [1.807, 2.05) is 24.3 Å². The van der Waals surface area contributed by atoms with Crippen LogP contribution in [0.15, 0.2) is 52.6 Å². The Hall–Kier alpha value is -2.91. The first-order chi connectivity index (χ1) is 17.9. The first kappa shape index (κ1) is 28.1. The quantitative estimate of drug-likeness (QED) is 0.345. The number of alkyl halides is 3. The maximum Gasteiger partial charge on any atom is 0.418 e. The second-order valence-electron chi connectivity index (χ2n) is 9.94. The summed E-state index contributed by atoms with van der Waals surface area (Å²) in [7, 11) is -2.37. The molecule has 0 N–H and O–H groups in total. The van der Waals surface area contributed by atoms with Crippen molar-refractivity contribution >= 4 is 47.5 Å². The van der Waals surface area contributed by atoms with Crippen molar-refractivity contribution in [2.45, 2.75) is 47.0 Å². The maximum absolute atomic E-state index is 14.4. The van der Waals surface area contributed by atoms with Gasteiger partial charge in [-0.15, -0.1) is 11.3 Å². The molecule has 2 aromatic rings. The average Bonchev–Trinajstić information content (AvgIpc) is 3.32. The van der Waals surface area contributed by atoms with Crippen molar-refractivity contribution < 1.29 is 27.6 Å². The van der Waals surface area contributed by atoms with Gasteiger partial charge in [-0.2, -0.15) is 13.2 Å². The number of benzene rings is 1. The van der Waals surface area contributed by atoms with Crippen LogP contribution < -0.4 is 15.2 Å². The van der Waals surface area contributed by atoms with Gasteiger partial charge in [-0.3, -0.25) is 0 Å². The van der Waals surface area contributed by atoms with Crippen LogP contribution in [0.5, 0.6) is 0 Å².